The molecule has 0 aliphatic rings. The number of phenolic OH excluding ortho intramolecular Hbond substituents is 1. The van der Waals surface area contributed by atoms with Gasteiger partial charge in [0.25, 0.3) is 0 Å². The number of carbonyl (C=O) groups is 1. The van der Waals surface area contributed by atoms with E-state index in [9.17, 15) is 28.9 Å². The molecule has 6 nitrogen and oxygen atoms in total. The van der Waals surface area contributed by atoms with Gasteiger partial charge in [-0.05, 0) is 35.9 Å². The third-order valence-corrected chi connectivity index (χ3v) is 5.86. The molecule has 0 unspecified atom stereocenters. The lowest BCUT2D eigenvalue weighted by atomic mass is 9.84. The van der Waals surface area contributed by atoms with Crippen molar-refractivity contribution >= 4 is 16.9 Å². The van der Waals surface area contributed by atoms with E-state index in [4.69, 9.17) is 4.74 Å². The van der Waals surface area contributed by atoms with Gasteiger partial charge in [0.15, 0.2) is 11.6 Å². The van der Waals surface area contributed by atoms with Gasteiger partial charge in [-0.25, -0.2) is 13.6 Å². The monoisotopic (exact) mass is 467 g/mol. The largest absolute Gasteiger partial charge is 0.507 e. The SMILES string of the molecule is COc1cc(-n2c(C(C)(C)CO)c(-c3ccc(C(=O)O)cc3)c3c(O)cc(F)cc32)ccc1F. The van der Waals surface area contributed by atoms with Gasteiger partial charge in [0.2, 0.25) is 0 Å². The lowest BCUT2D eigenvalue weighted by molar-refractivity contribution is 0.0697. The number of halogens is 2. The van der Waals surface area contributed by atoms with Crippen molar-refractivity contribution in [1.82, 2.24) is 4.57 Å². The molecule has 0 amide bonds. The molecule has 0 spiro atoms. The minimum Gasteiger partial charge on any atom is -0.507 e. The Morgan fingerprint density at radius 1 is 1.06 bits per heavy atom. The number of aliphatic hydroxyl groups is 1. The van der Waals surface area contributed by atoms with Crippen LogP contribution < -0.4 is 4.74 Å². The summed E-state index contributed by atoms with van der Waals surface area (Å²) in [4.78, 5) is 11.3. The Morgan fingerprint density at radius 3 is 2.32 bits per heavy atom. The average Bonchev–Trinajstić information content (AvgIpc) is 3.15. The quantitative estimate of drug-likeness (QED) is 0.360. The van der Waals surface area contributed by atoms with Crippen molar-refractivity contribution < 1.29 is 33.6 Å². The maximum atomic E-state index is 14.5. The smallest absolute Gasteiger partial charge is 0.335 e. The van der Waals surface area contributed by atoms with Gasteiger partial charge in [0.1, 0.15) is 11.6 Å². The second-order valence-corrected chi connectivity index (χ2v) is 8.62. The fraction of sp³-hybridized carbons (Fsp3) is 0.192. The van der Waals surface area contributed by atoms with Gasteiger partial charge in [-0.2, -0.15) is 0 Å². The van der Waals surface area contributed by atoms with E-state index in [0.29, 0.717) is 33.4 Å². The van der Waals surface area contributed by atoms with Crippen molar-refractivity contribution in [1.29, 1.82) is 0 Å². The molecule has 1 aromatic heterocycles. The van der Waals surface area contributed by atoms with Crippen LogP contribution in [-0.4, -0.2) is 39.6 Å². The number of benzene rings is 3. The molecule has 3 N–H and O–H groups in total. The van der Waals surface area contributed by atoms with Crippen molar-refractivity contribution in [2.75, 3.05) is 13.7 Å². The molecule has 0 bridgehead atoms. The predicted octanol–water partition coefficient (Wildman–Crippen LogP) is 5.26. The summed E-state index contributed by atoms with van der Waals surface area (Å²) < 4.78 is 35.5. The molecule has 176 valence electrons. The Balaban J connectivity index is 2.19. The molecule has 34 heavy (non-hydrogen) atoms. The minimum absolute atomic E-state index is 0.0277. The van der Waals surface area contributed by atoms with E-state index in [1.807, 2.05) is 0 Å². The number of nitrogens with zero attached hydrogens (tertiary/aromatic N) is 1. The van der Waals surface area contributed by atoms with Crippen LogP contribution in [0.4, 0.5) is 8.78 Å². The first-order chi connectivity index (χ1) is 16.1. The number of hydrogen-bond acceptors (Lipinski definition) is 4. The van der Waals surface area contributed by atoms with Crippen LogP contribution in [0.3, 0.4) is 0 Å². The van der Waals surface area contributed by atoms with Crippen LogP contribution in [0.2, 0.25) is 0 Å². The third-order valence-electron chi connectivity index (χ3n) is 5.86. The molecular weight excluding hydrogens is 444 g/mol. The van der Waals surface area contributed by atoms with Crippen molar-refractivity contribution in [2.45, 2.75) is 19.3 Å². The summed E-state index contributed by atoms with van der Waals surface area (Å²) in [5, 5.41) is 30.7. The molecule has 0 aliphatic carbocycles. The zero-order chi connectivity index (χ0) is 24.8. The number of aromatic carboxylic acids is 1. The number of aromatic hydroxyl groups is 1. The Kier molecular flexibility index (Phi) is 5.79. The molecule has 4 rings (SSSR count). The molecule has 0 fully saturated rings. The summed E-state index contributed by atoms with van der Waals surface area (Å²) >= 11 is 0. The summed E-state index contributed by atoms with van der Waals surface area (Å²) in [6.45, 7) is 3.26. The summed E-state index contributed by atoms with van der Waals surface area (Å²) in [5.74, 6) is -2.70. The molecule has 0 radical (unpaired) electrons. The topological polar surface area (TPSA) is 91.9 Å². The third kappa shape index (κ3) is 3.76. The average molecular weight is 467 g/mol. The molecular formula is C26H23F2NO5. The fourth-order valence-corrected chi connectivity index (χ4v) is 4.19. The first-order valence-electron chi connectivity index (χ1n) is 10.4. The summed E-state index contributed by atoms with van der Waals surface area (Å²) in [6, 6.07) is 12.4. The van der Waals surface area contributed by atoms with Gasteiger partial charge in [-0.1, -0.05) is 26.0 Å². The molecule has 3 aromatic carbocycles. The highest BCUT2D eigenvalue weighted by atomic mass is 19.1. The van der Waals surface area contributed by atoms with Crippen LogP contribution in [0.15, 0.2) is 54.6 Å². The number of fused-ring (bicyclic) bond motifs is 1. The molecule has 8 heteroatoms. The second-order valence-electron chi connectivity index (χ2n) is 8.62. The zero-order valence-electron chi connectivity index (χ0n) is 18.8. The Bertz CT molecular complexity index is 1410. The van der Waals surface area contributed by atoms with E-state index >= 15 is 0 Å². The van der Waals surface area contributed by atoms with Gasteiger partial charge >= 0.3 is 5.97 Å². The maximum Gasteiger partial charge on any atom is 0.335 e. The number of rotatable bonds is 6. The van der Waals surface area contributed by atoms with Crippen LogP contribution >= 0.6 is 0 Å². The number of ether oxygens (including phenoxy) is 1. The van der Waals surface area contributed by atoms with Gasteiger partial charge in [-0.15, -0.1) is 0 Å². The molecule has 0 saturated carbocycles. The van der Waals surface area contributed by atoms with Crippen molar-refractivity contribution in [3.8, 4) is 28.3 Å². The molecule has 0 aliphatic heterocycles. The van der Waals surface area contributed by atoms with E-state index in [1.54, 1.807) is 30.5 Å². The number of hydrogen-bond donors (Lipinski definition) is 3. The van der Waals surface area contributed by atoms with E-state index in [2.05, 4.69) is 0 Å². The lowest BCUT2D eigenvalue weighted by Gasteiger charge is -2.27. The van der Waals surface area contributed by atoms with Gasteiger partial charge in [-0.3, -0.25) is 0 Å². The van der Waals surface area contributed by atoms with Gasteiger partial charge < -0.3 is 24.6 Å². The summed E-state index contributed by atoms with van der Waals surface area (Å²) in [6.07, 6.45) is 0. The first-order valence-corrected chi connectivity index (χ1v) is 10.4. The van der Waals surface area contributed by atoms with Crippen LogP contribution in [0.5, 0.6) is 11.5 Å². The highest BCUT2D eigenvalue weighted by Gasteiger charge is 2.33. The van der Waals surface area contributed by atoms with Crippen LogP contribution in [0, 0.1) is 11.6 Å². The van der Waals surface area contributed by atoms with Crippen LogP contribution in [0.25, 0.3) is 27.7 Å². The van der Waals surface area contributed by atoms with E-state index in [-0.39, 0.29) is 23.7 Å². The normalized spacial score (nSPS) is 11.7. The fourth-order valence-electron chi connectivity index (χ4n) is 4.19. The van der Waals surface area contributed by atoms with E-state index < -0.39 is 23.0 Å². The zero-order valence-corrected chi connectivity index (χ0v) is 18.8. The molecule has 0 saturated heterocycles. The Morgan fingerprint density at radius 2 is 1.74 bits per heavy atom. The predicted molar refractivity (Wildman–Crippen MR) is 124 cm³/mol. The molecule has 1 heterocycles. The number of methoxy groups -OCH3 is 1. The number of aliphatic hydroxyl groups excluding tert-OH is 1. The van der Waals surface area contributed by atoms with E-state index in [1.165, 1.54) is 43.5 Å². The van der Waals surface area contributed by atoms with Crippen molar-refractivity contribution in [3.63, 3.8) is 0 Å². The van der Waals surface area contributed by atoms with Crippen molar-refractivity contribution in [3.05, 3.63) is 77.5 Å². The first kappa shape index (κ1) is 23.3. The lowest BCUT2D eigenvalue weighted by Crippen LogP contribution is -2.26. The number of aromatic nitrogens is 1. The maximum absolute atomic E-state index is 14.5. The molecule has 4 aromatic rings. The van der Waals surface area contributed by atoms with Crippen LogP contribution in [-0.2, 0) is 5.41 Å². The summed E-state index contributed by atoms with van der Waals surface area (Å²) in [7, 11) is 1.33. The van der Waals surface area contributed by atoms with Crippen LogP contribution in [0.1, 0.15) is 29.9 Å². The molecule has 0 atom stereocenters. The number of phenols is 1. The Hall–Kier alpha value is -3.91. The van der Waals surface area contributed by atoms with Crippen molar-refractivity contribution in [2.24, 2.45) is 0 Å². The highest BCUT2D eigenvalue weighted by molar-refractivity contribution is 6.04. The second kappa shape index (κ2) is 8.46. The highest BCUT2D eigenvalue weighted by Crippen LogP contribution is 2.46. The number of carboxylic acids is 1. The minimum atomic E-state index is -1.09. The standard InChI is InChI=1S/C26H23F2NO5/c1-26(2,13-30)24-22(14-4-6-15(7-5-14)25(32)33)23-19(10-16(27)11-20(23)31)29(24)17-8-9-18(28)21(12-17)34-3/h4-12,30-31H,13H2,1-3H3,(H,32,33). The van der Waals surface area contributed by atoms with Gasteiger partial charge in [0.05, 0.1) is 30.2 Å². The summed E-state index contributed by atoms with van der Waals surface area (Å²) in [5.41, 5.74) is 1.45. The van der Waals surface area contributed by atoms with E-state index in [0.717, 1.165) is 6.07 Å². The number of carboxylic acid groups (broad SMARTS) is 1. The van der Waals surface area contributed by atoms with Gasteiger partial charge in [0, 0.05) is 34.5 Å². The Labute approximate surface area is 194 Å².